The first-order valence-corrected chi connectivity index (χ1v) is 8.58. The highest BCUT2D eigenvalue weighted by Crippen LogP contribution is 2.24. The number of nitrogens with one attached hydrogen (secondary N) is 2. The van der Waals surface area contributed by atoms with E-state index in [4.69, 9.17) is 4.42 Å². The lowest BCUT2D eigenvalue weighted by Crippen LogP contribution is -2.46. The van der Waals surface area contributed by atoms with Gasteiger partial charge in [0.25, 0.3) is 0 Å². The molecule has 1 atom stereocenters. The number of nitrogens with zero attached hydrogens (tertiary/aromatic N) is 2. The van der Waals surface area contributed by atoms with Gasteiger partial charge < -0.3 is 15.1 Å². The number of urea groups is 2. The monoisotopic (exact) mass is 324 g/mol. The molecule has 2 fully saturated rings. The van der Waals surface area contributed by atoms with Gasteiger partial charge in [-0.3, -0.25) is 4.90 Å². The summed E-state index contributed by atoms with van der Waals surface area (Å²) in [5.41, 5.74) is 1.05. The van der Waals surface area contributed by atoms with Crippen LogP contribution in [0.1, 0.15) is 11.6 Å². The van der Waals surface area contributed by atoms with Gasteiger partial charge in [0.1, 0.15) is 0 Å². The van der Waals surface area contributed by atoms with Crippen molar-refractivity contribution >= 4 is 23.8 Å². The highest BCUT2D eigenvalue weighted by Gasteiger charge is 2.28. The van der Waals surface area contributed by atoms with Gasteiger partial charge in [0.2, 0.25) is 0 Å². The zero-order chi connectivity index (χ0) is 15.4. The smallest absolute Gasteiger partial charge is 0.325 e. The van der Waals surface area contributed by atoms with Gasteiger partial charge in [0.05, 0.1) is 18.6 Å². The molecule has 0 radical (unpaired) electrons. The Morgan fingerprint density at radius 2 is 2.23 bits per heavy atom. The highest BCUT2D eigenvalue weighted by atomic mass is 32.2. The lowest BCUT2D eigenvalue weighted by Gasteiger charge is -2.34. The average Bonchev–Trinajstić information content (AvgIpc) is 3.20. The first kappa shape index (κ1) is 15.2. The Hall–Kier alpha value is -1.67. The number of furan rings is 1. The van der Waals surface area contributed by atoms with E-state index in [1.807, 2.05) is 17.8 Å². The van der Waals surface area contributed by atoms with Crippen molar-refractivity contribution in [3.8, 4) is 0 Å². The molecule has 0 aromatic carbocycles. The minimum Gasteiger partial charge on any atom is -0.472 e. The van der Waals surface area contributed by atoms with Crippen LogP contribution in [-0.2, 0) is 0 Å². The van der Waals surface area contributed by atoms with E-state index in [1.54, 1.807) is 12.5 Å². The van der Waals surface area contributed by atoms with Gasteiger partial charge in [-0.2, -0.15) is 11.8 Å². The number of thioether (sulfide) groups is 1. The highest BCUT2D eigenvalue weighted by molar-refractivity contribution is 7.99. The quantitative estimate of drug-likeness (QED) is 0.867. The van der Waals surface area contributed by atoms with Crippen molar-refractivity contribution in [2.24, 2.45) is 0 Å². The molecular weight excluding hydrogens is 304 g/mol. The summed E-state index contributed by atoms with van der Waals surface area (Å²) in [5.74, 6) is 2.19. The molecule has 4 amide bonds. The summed E-state index contributed by atoms with van der Waals surface area (Å²) in [5, 5.41) is 5.50. The van der Waals surface area contributed by atoms with Crippen molar-refractivity contribution in [1.29, 1.82) is 0 Å². The number of amides is 4. The van der Waals surface area contributed by atoms with E-state index in [1.165, 1.54) is 4.90 Å². The molecule has 120 valence electrons. The molecule has 0 bridgehead atoms. The fourth-order valence-corrected chi connectivity index (χ4v) is 3.69. The van der Waals surface area contributed by atoms with Crippen LogP contribution in [0.4, 0.5) is 9.59 Å². The van der Waals surface area contributed by atoms with E-state index < -0.39 is 0 Å². The maximum absolute atomic E-state index is 12.1. The normalized spacial score (nSPS) is 20.7. The maximum atomic E-state index is 12.1. The minimum atomic E-state index is -0.338. The standard InChI is InChI=1S/C14H20N4O3S/c19-13-15-2-3-18(13)14(20)16-9-12(11-1-6-21-10-11)17-4-7-22-8-5-17/h1,6,10,12H,2-5,7-9H2,(H,15,19)(H,16,20)/t12-/m0/s1. The minimum absolute atomic E-state index is 0.0780. The second-order valence-electron chi connectivity index (χ2n) is 5.29. The molecular formula is C14H20N4O3S. The Bertz CT molecular complexity index is 516. The molecule has 3 rings (SSSR count). The number of carbonyl (C=O) groups excluding carboxylic acids is 2. The van der Waals surface area contributed by atoms with Gasteiger partial charge in [-0.15, -0.1) is 0 Å². The summed E-state index contributed by atoms with van der Waals surface area (Å²) in [6.45, 7) is 3.37. The molecule has 22 heavy (non-hydrogen) atoms. The fraction of sp³-hybridized carbons (Fsp3) is 0.571. The third-order valence-electron chi connectivity index (χ3n) is 3.96. The Balaban J connectivity index is 1.62. The third-order valence-corrected chi connectivity index (χ3v) is 4.91. The molecule has 2 aliphatic rings. The van der Waals surface area contributed by atoms with Crippen LogP contribution in [0.2, 0.25) is 0 Å². The van der Waals surface area contributed by atoms with Crippen LogP contribution in [0.15, 0.2) is 23.0 Å². The van der Waals surface area contributed by atoms with Gasteiger partial charge >= 0.3 is 12.1 Å². The Labute approximate surface area is 133 Å². The summed E-state index contributed by atoms with van der Waals surface area (Å²) in [6.07, 6.45) is 3.37. The van der Waals surface area contributed by atoms with E-state index >= 15 is 0 Å². The largest absolute Gasteiger partial charge is 0.472 e. The summed E-state index contributed by atoms with van der Waals surface area (Å²) in [4.78, 5) is 27.2. The van der Waals surface area contributed by atoms with Crippen molar-refractivity contribution in [2.45, 2.75) is 6.04 Å². The number of carbonyl (C=O) groups is 2. The van der Waals surface area contributed by atoms with Crippen LogP contribution in [-0.4, -0.2) is 66.1 Å². The zero-order valence-corrected chi connectivity index (χ0v) is 13.1. The fourth-order valence-electron chi connectivity index (χ4n) is 2.76. The van der Waals surface area contributed by atoms with Gasteiger partial charge in [-0.05, 0) is 6.07 Å². The van der Waals surface area contributed by atoms with E-state index in [0.717, 1.165) is 30.2 Å². The topological polar surface area (TPSA) is 77.8 Å². The third kappa shape index (κ3) is 3.38. The van der Waals surface area contributed by atoms with Crippen molar-refractivity contribution in [1.82, 2.24) is 20.4 Å². The molecule has 0 aliphatic carbocycles. The van der Waals surface area contributed by atoms with Gasteiger partial charge in [0, 0.05) is 49.8 Å². The first-order chi connectivity index (χ1) is 10.8. The maximum Gasteiger partial charge on any atom is 0.325 e. The van der Waals surface area contributed by atoms with E-state index in [0.29, 0.717) is 19.6 Å². The van der Waals surface area contributed by atoms with Crippen molar-refractivity contribution < 1.29 is 14.0 Å². The lowest BCUT2D eigenvalue weighted by molar-refractivity contribution is 0.186. The summed E-state index contributed by atoms with van der Waals surface area (Å²) in [6, 6.07) is 1.34. The molecule has 0 saturated carbocycles. The molecule has 2 aliphatic heterocycles. The number of hydrogen-bond donors (Lipinski definition) is 2. The number of hydrogen-bond acceptors (Lipinski definition) is 5. The van der Waals surface area contributed by atoms with E-state index in [2.05, 4.69) is 15.5 Å². The summed E-state index contributed by atoms with van der Waals surface area (Å²) < 4.78 is 5.19. The van der Waals surface area contributed by atoms with E-state index in [9.17, 15) is 9.59 Å². The first-order valence-electron chi connectivity index (χ1n) is 7.43. The second-order valence-corrected chi connectivity index (χ2v) is 6.52. The van der Waals surface area contributed by atoms with Gasteiger partial charge in [-0.25, -0.2) is 14.5 Å². The van der Waals surface area contributed by atoms with Gasteiger partial charge in [-0.1, -0.05) is 0 Å². The molecule has 2 saturated heterocycles. The van der Waals surface area contributed by atoms with Crippen LogP contribution in [0.3, 0.4) is 0 Å². The lowest BCUT2D eigenvalue weighted by atomic mass is 10.1. The SMILES string of the molecule is O=C1NCCN1C(=O)NC[C@@H](c1ccoc1)N1CCSCC1. The summed E-state index contributed by atoms with van der Waals surface area (Å²) >= 11 is 1.94. The Morgan fingerprint density at radius 1 is 1.41 bits per heavy atom. The van der Waals surface area contributed by atoms with Crippen LogP contribution >= 0.6 is 11.8 Å². The van der Waals surface area contributed by atoms with Crippen LogP contribution in [0, 0.1) is 0 Å². The predicted octanol–water partition coefficient (Wildman–Crippen LogP) is 1.10. The molecule has 2 N–H and O–H groups in total. The molecule has 8 heteroatoms. The number of rotatable bonds is 4. The van der Waals surface area contributed by atoms with Crippen molar-refractivity contribution in [3.05, 3.63) is 24.2 Å². The molecule has 3 heterocycles. The van der Waals surface area contributed by atoms with Crippen LogP contribution in [0.5, 0.6) is 0 Å². The molecule has 7 nitrogen and oxygen atoms in total. The van der Waals surface area contributed by atoms with Crippen molar-refractivity contribution in [2.75, 3.05) is 44.2 Å². The van der Waals surface area contributed by atoms with E-state index in [-0.39, 0.29) is 18.1 Å². The molecule has 0 spiro atoms. The molecule has 1 aromatic rings. The summed E-state index contributed by atoms with van der Waals surface area (Å²) in [7, 11) is 0. The second kappa shape index (κ2) is 7.06. The average molecular weight is 324 g/mol. The number of imide groups is 1. The van der Waals surface area contributed by atoms with Gasteiger partial charge in [0.15, 0.2) is 0 Å². The van der Waals surface area contributed by atoms with Crippen molar-refractivity contribution in [3.63, 3.8) is 0 Å². The molecule has 1 aromatic heterocycles. The van der Waals surface area contributed by atoms with Crippen LogP contribution in [0.25, 0.3) is 0 Å². The predicted molar refractivity (Wildman–Crippen MR) is 83.9 cm³/mol. The Morgan fingerprint density at radius 3 is 2.86 bits per heavy atom. The molecule has 0 unspecified atom stereocenters. The zero-order valence-electron chi connectivity index (χ0n) is 12.3. The Kier molecular flexibility index (Phi) is 4.89. The van der Waals surface area contributed by atoms with Crippen LogP contribution < -0.4 is 10.6 Å².